The maximum Gasteiger partial charge on any atom is 0.232 e. The van der Waals surface area contributed by atoms with Crippen molar-refractivity contribution in [1.29, 1.82) is 0 Å². The summed E-state index contributed by atoms with van der Waals surface area (Å²) < 4.78 is 5.30. The first-order chi connectivity index (χ1) is 10.4. The van der Waals surface area contributed by atoms with Gasteiger partial charge in [-0.25, -0.2) is 0 Å². The Kier molecular flexibility index (Phi) is 7.76. The molecule has 23 heavy (non-hydrogen) atoms. The van der Waals surface area contributed by atoms with Crippen LogP contribution in [0, 0.1) is 5.92 Å². The van der Waals surface area contributed by atoms with Gasteiger partial charge >= 0.3 is 0 Å². The van der Waals surface area contributed by atoms with Gasteiger partial charge in [-0.1, -0.05) is 45.7 Å². The highest BCUT2D eigenvalue weighted by Gasteiger charge is 2.22. The summed E-state index contributed by atoms with van der Waals surface area (Å²) in [6.07, 6.45) is 5.04. The van der Waals surface area contributed by atoms with E-state index in [1.165, 1.54) is 25.7 Å². The highest BCUT2D eigenvalue weighted by Crippen LogP contribution is 2.23. The summed E-state index contributed by atoms with van der Waals surface area (Å²) >= 11 is 0. The third-order valence-electron chi connectivity index (χ3n) is 4.02. The van der Waals surface area contributed by atoms with Crippen molar-refractivity contribution in [1.82, 2.24) is 20.8 Å². The lowest BCUT2D eigenvalue weighted by atomic mass is 9.87. The number of rotatable bonds is 3. The van der Waals surface area contributed by atoms with Gasteiger partial charge in [0.2, 0.25) is 5.89 Å². The van der Waals surface area contributed by atoms with Gasteiger partial charge in [0, 0.05) is 18.5 Å². The Morgan fingerprint density at radius 3 is 2.65 bits per heavy atom. The molecule has 1 aliphatic carbocycles. The van der Waals surface area contributed by atoms with Gasteiger partial charge in [0.05, 0.1) is 6.54 Å². The molecule has 1 aliphatic rings. The van der Waals surface area contributed by atoms with Gasteiger partial charge in [-0.3, -0.25) is 4.99 Å². The summed E-state index contributed by atoms with van der Waals surface area (Å²) in [5.41, 5.74) is -0.122. The molecule has 0 amide bonds. The van der Waals surface area contributed by atoms with Crippen LogP contribution in [0.4, 0.5) is 0 Å². The first kappa shape index (κ1) is 20.2. The lowest BCUT2D eigenvalue weighted by Gasteiger charge is -2.28. The van der Waals surface area contributed by atoms with Gasteiger partial charge in [-0.05, 0) is 18.8 Å². The first-order valence-electron chi connectivity index (χ1n) is 8.18. The van der Waals surface area contributed by atoms with Crippen LogP contribution in [0.3, 0.4) is 0 Å². The topological polar surface area (TPSA) is 75.3 Å². The molecular formula is C16H30IN5O. The molecule has 0 aromatic carbocycles. The van der Waals surface area contributed by atoms with Gasteiger partial charge in [-0.2, -0.15) is 4.98 Å². The zero-order chi connectivity index (χ0) is 16.2. The summed E-state index contributed by atoms with van der Waals surface area (Å²) in [5, 5.41) is 10.8. The Bertz CT molecular complexity index is 509. The van der Waals surface area contributed by atoms with E-state index in [1.54, 1.807) is 7.05 Å². The Labute approximate surface area is 156 Å². The Balaban J connectivity index is 0.00000264. The van der Waals surface area contributed by atoms with E-state index in [1.807, 2.05) is 0 Å². The second kappa shape index (κ2) is 8.84. The van der Waals surface area contributed by atoms with Gasteiger partial charge in [0.25, 0.3) is 0 Å². The molecule has 2 unspecified atom stereocenters. The van der Waals surface area contributed by atoms with Crippen molar-refractivity contribution in [2.24, 2.45) is 10.9 Å². The van der Waals surface area contributed by atoms with Crippen LogP contribution in [0.1, 0.15) is 65.1 Å². The standard InChI is InChI=1S/C16H29N5O.HI/c1-11-7-6-8-12(9-11)19-15(17-5)18-10-13-20-14(22-21-13)16(2,3)4;/h11-12H,6-10H2,1-5H3,(H2,17,18,19);1H. The average molecular weight is 435 g/mol. The quantitative estimate of drug-likeness (QED) is 0.433. The van der Waals surface area contributed by atoms with Crippen LogP contribution < -0.4 is 10.6 Å². The molecule has 1 aromatic heterocycles. The van der Waals surface area contributed by atoms with Crippen LogP contribution in [0.15, 0.2) is 9.52 Å². The van der Waals surface area contributed by atoms with Gasteiger partial charge in [0.1, 0.15) is 0 Å². The largest absolute Gasteiger partial charge is 0.354 e. The van der Waals surface area contributed by atoms with Crippen molar-refractivity contribution in [3.8, 4) is 0 Å². The first-order valence-corrected chi connectivity index (χ1v) is 8.18. The SMILES string of the molecule is CN=C(NCc1noc(C(C)(C)C)n1)NC1CCCC(C)C1.I. The maximum atomic E-state index is 5.30. The Morgan fingerprint density at radius 2 is 2.09 bits per heavy atom. The van der Waals surface area contributed by atoms with Crippen LogP contribution in [-0.2, 0) is 12.0 Å². The number of halogens is 1. The zero-order valence-electron chi connectivity index (χ0n) is 14.8. The number of guanidine groups is 1. The molecule has 2 atom stereocenters. The molecule has 2 N–H and O–H groups in total. The number of hydrogen-bond donors (Lipinski definition) is 2. The van der Waals surface area contributed by atoms with E-state index in [4.69, 9.17) is 4.52 Å². The molecule has 0 aliphatic heterocycles. The van der Waals surface area contributed by atoms with E-state index in [2.05, 4.69) is 53.5 Å². The second-order valence-electron chi connectivity index (χ2n) is 7.30. The van der Waals surface area contributed by atoms with Crippen molar-refractivity contribution in [3.63, 3.8) is 0 Å². The minimum Gasteiger partial charge on any atom is -0.354 e. The van der Waals surface area contributed by atoms with E-state index < -0.39 is 0 Å². The van der Waals surface area contributed by atoms with E-state index in [0.29, 0.717) is 24.3 Å². The predicted molar refractivity (Wildman–Crippen MR) is 103 cm³/mol. The highest BCUT2D eigenvalue weighted by molar-refractivity contribution is 14.0. The molecule has 132 valence electrons. The van der Waals surface area contributed by atoms with Crippen molar-refractivity contribution in [2.75, 3.05) is 7.05 Å². The van der Waals surface area contributed by atoms with Crippen molar-refractivity contribution >= 4 is 29.9 Å². The smallest absolute Gasteiger partial charge is 0.232 e. The molecule has 0 bridgehead atoms. The van der Waals surface area contributed by atoms with Gasteiger partial charge < -0.3 is 15.2 Å². The average Bonchev–Trinajstić information content (AvgIpc) is 2.92. The normalized spacial score (nSPS) is 22.4. The molecule has 0 saturated heterocycles. The Morgan fingerprint density at radius 1 is 1.35 bits per heavy atom. The van der Waals surface area contributed by atoms with Crippen molar-refractivity contribution in [2.45, 2.75) is 71.4 Å². The zero-order valence-corrected chi connectivity index (χ0v) is 17.2. The van der Waals surface area contributed by atoms with E-state index in [9.17, 15) is 0 Å². The molecule has 1 fully saturated rings. The number of aromatic nitrogens is 2. The molecule has 2 rings (SSSR count). The lowest BCUT2D eigenvalue weighted by molar-refractivity contribution is 0.317. The van der Waals surface area contributed by atoms with Gasteiger partial charge in [-0.15, -0.1) is 24.0 Å². The summed E-state index contributed by atoms with van der Waals surface area (Å²) in [6.45, 7) is 9.01. The number of nitrogens with zero attached hydrogens (tertiary/aromatic N) is 3. The molecule has 0 radical (unpaired) electrons. The molecule has 1 saturated carbocycles. The molecule has 1 heterocycles. The monoisotopic (exact) mass is 435 g/mol. The molecular weight excluding hydrogens is 405 g/mol. The van der Waals surface area contributed by atoms with Crippen LogP contribution >= 0.6 is 24.0 Å². The van der Waals surface area contributed by atoms with Crippen molar-refractivity contribution < 1.29 is 4.52 Å². The fourth-order valence-corrected chi connectivity index (χ4v) is 2.75. The van der Waals surface area contributed by atoms with E-state index in [0.717, 1.165) is 11.9 Å². The third kappa shape index (κ3) is 6.27. The Hall–Kier alpha value is -0.860. The highest BCUT2D eigenvalue weighted by atomic mass is 127. The van der Waals surface area contributed by atoms with Gasteiger partial charge in [0.15, 0.2) is 11.8 Å². The lowest BCUT2D eigenvalue weighted by Crippen LogP contribution is -2.44. The minimum absolute atomic E-state index is 0. The maximum absolute atomic E-state index is 5.30. The number of nitrogens with one attached hydrogen (secondary N) is 2. The summed E-state index contributed by atoms with van der Waals surface area (Å²) in [7, 11) is 1.79. The van der Waals surface area contributed by atoms with Crippen LogP contribution in [0.5, 0.6) is 0 Å². The van der Waals surface area contributed by atoms with Crippen LogP contribution in [-0.4, -0.2) is 29.2 Å². The third-order valence-corrected chi connectivity index (χ3v) is 4.02. The van der Waals surface area contributed by atoms with E-state index >= 15 is 0 Å². The molecule has 7 heteroatoms. The van der Waals surface area contributed by atoms with Crippen LogP contribution in [0.25, 0.3) is 0 Å². The fourth-order valence-electron chi connectivity index (χ4n) is 2.75. The fraction of sp³-hybridized carbons (Fsp3) is 0.812. The van der Waals surface area contributed by atoms with Crippen LogP contribution in [0.2, 0.25) is 0 Å². The van der Waals surface area contributed by atoms with Crippen molar-refractivity contribution in [3.05, 3.63) is 11.7 Å². The minimum atomic E-state index is -0.122. The predicted octanol–water partition coefficient (Wildman–Crippen LogP) is 3.23. The molecule has 6 nitrogen and oxygen atoms in total. The number of hydrogen-bond acceptors (Lipinski definition) is 4. The van der Waals surface area contributed by atoms with E-state index in [-0.39, 0.29) is 29.4 Å². The second-order valence-corrected chi connectivity index (χ2v) is 7.30. The molecule has 1 aromatic rings. The molecule has 0 spiro atoms. The summed E-state index contributed by atoms with van der Waals surface area (Å²) in [4.78, 5) is 8.71. The number of aliphatic imine (C=N–C) groups is 1. The summed E-state index contributed by atoms with van der Waals surface area (Å²) in [6, 6.07) is 0.505. The summed E-state index contributed by atoms with van der Waals surface area (Å²) in [5.74, 6) is 2.91.